The first-order valence-electron chi connectivity index (χ1n) is 7.49. The maximum Gasteiger partial charge on any atom is 1.00 e. The number of benzene rings is 2. The quantitative estimate of drug-likeness (QED) is 0.201. The molecular weight excluding hydrogens is 411 g/mol. The summed E-state index contributed by atoms with van der Waals surface area (Å²) >= 11 is 0. The molecule has 0 bridgehead atoms. The van der Waals surface area contributed by atoms with E-state index in [9.17, 15) is 10.2 Å². The molecule has 0 atom stereocenters. The van der Waals surface area contributed by atoms with Crippen LogP contribution in [0.2, 0.25) is 0 Å². The third kappa shape index (κ3) is 8.16. The van der Waals surface area contributed by atoms with Crippen molar-refractivity contribution in [1.82, 2.24) is 9.97 Å². The van der Waals surface area contributed by atoms with Gasteiger partial charge in [0.1, 0.15) is 22.5 Å². The molecule has 2 aromatic carbocycles. The molecule has 28 heavy (non-hydrogen) atoms. The number of para-hydroxylation sites is 2. The number of aromatic hydroxyl groups is 2. The molecule has 0 amide bonds. The maximum atomic E-state index is 9.31. The van der Waals surface area contributed by atoms with E-state index in [0.717, 1.165) is 10.8 Å². The molecule has 2 heterocycles. The zero-order chi connectivity index (χ0) is 19.9. The summed E-state index contributed by atoms with van der Waals surface area (Å²) in [6.07, 6.45) is 3.34. The molecule has 0 aliphatic rings. The second-order valence-electron chi connectivity index (χ2n) is 5.13. The van der Waals surface area contributed by atoms with Crippen LogP contribution in [0.1, 0.15) is 0 Å². The fourth-order valence-electron chi connectivity index (χ4n) is 2.18. The Bertz CT molecular complexity index is 1060. The first-order valence-corrected chi connectivity index (χ1v) is 8.86. The Labute approximate surface area is 203 Å². The number of rotatable bonds is 0. The summed E-state index contributed by atoms with van der Waals surface area (Å²) in [5.41, 5.74) is 1.32. The van der Waals surface area contributed by atoms with Crippen molar-refractivity contribution in [2.75, 3.05) is 0 Å². The van der Waals surface area contributed by atoms with Crippen LogP contribution in [-0.4, -0.2) is 37.7 Å². The van der Waals surface area contributed by atoms with Gasteiger partial charge >= 0.3 is 51.4 Å². The van der Waals surface area contributed by atoms with Crippen LogP contribution < -0.4 is 51.4 Å². The van der Waals surface area contributed by atoms with Gasteiger partial charge in [-0.3, -0.25) is 14.5 Å². The molecular formula is C18H15KN2O6S. The predicted octanol–water partition coefficient (Wildman–Crippen LogP) is -0.111. The molecule has 0 unspecified atom stereocenters. The van der Waals surface area contributed by atoms with Crippen molar-refractivity contribution in [3.05, 3.63) is 73.1 Å². The summed E-state index contributed by atoms with van der Waals surface area (Å²) in [4.78, 5) is 8.06. The summed E-state index contributed by atoms with van der Waals surface area (Å²) in [5.74, 6) is 0.478. The van der Waals surface area contributed by atoms with Crippen molar-refractivity contribution in [3.63, 3.8) is 0 Å². The Morgan fingerprint density at radius 1 is 0.714 bits per heavy atom. The van der Waals surface area contributed by atoms with Gasteiger partial charge in [-0.25, -0.2) is 8.42 Å². The van der Waals surface area contributed by atoms with Crippen molar-refractivity contribution in [2.24, 2.45) is 0 Å². The van der Waals surface area contributed by atoms with Crippen LogP contribution >= 0.6 is 0 Å². The summed E-state index contributed by atoms with van der Waals surface area (Å²) < 4.78 is 32.8. The van der Waals surface area contributed by atoms with E-state index in [-0.39, 0.29) is 62.9 Å². The van der Waals surface area contributed by atoms with Crippen LogP contribution in [-0.2, 0) is 10.4 Å². The Balaban J connectivity index is 0.000000222. The van der Waals surface area contributed by atoms with Crippen LogP contribution in [0.4, 0.5) is 0 Å². The molecule has 4 rings (SSSR count). The average molecular weight is 426 g/mol. The van der Waals surface area contributed by atoms with E-state index in [4.69, 9.17) is 17.5 Å². The van der Waals surface area contributed by atoms with E-state index < -0.39 is 10.4 Å². The number of hydrogen-bond acceptors (Lipinski definition) is 7. The first kappa shape index (κ1) is 24.4. The largest absolute Gasteiger partial charge is 1.00 e. The van der Waals surface area contributed by atoms with Crippen molar-refractivity contribution < 1.29 is 79.1 Å². The molecule has 3 N–H and O–H groups in total. The van der Waals surface area contributed by atoms with Gasteiger partial charge in [-0.05, 0) is 24.3 Å². The number of phenolic OH excluding ortho intramolecular Hbond substituents is 2. The van der Waals surface area contributed by atoms with Crippen molar-refractivity contribution in [2.45, 2.75) is 0 Å². The average Bonchev–Trinajstić information content (AvgIpc) is 2.62. The smallest absolute Gasteiger partial charge is 0.726 e. The second-order valence-corrected chi connectivity index (χ2v) is 5.99. The number of phenols is 2. The third-order valence-corrected chi connectivity index (χ3v) is 3.22. The van der Waals surface area contributed by atoms with Gasteiger partial charge in [-0.15, -0.1) is 0 Å². The summed E-state index contributed by atoms with van der Waals surface area (Å²) in [5, 5.41) is 20.5. The molecule has 0 aliphatic carbocycles. The number of hydrogen-bond donors (Lipinski definition) is 3. The topological polar surface area (TPSA) is 144 Å². The van der Waals surface area contributed by atoms with Gasteiger partial charge < -0.3 is 14.8 Å². The van der Waals surface area contributed by atoms with Gasteiger partial charge in [-0.2, -0.15) is 0 Å². The predicted molar refractivity (Wildman–Crippen MR) is 99.1 cm³/mol. The molecule has 2 aromatic heterocycles. The summed E-state index contributed by atoms with van der Waals surface area (Å²) in [7, 11) is -4.92. The minimum absolute atomic E-state index is 0. The van der Waals surface area contributed by atoms with E-state index in [1.165, 1.54) is 0 Å². The monoisotopic (exact) mass is 426 g/mol. The molecule has 4 aromatic rings. The molecule has 0 fully saturated rings. The van der Waals surface area contributed by atoms with Gasteiger partial charge in [0.15, 0.2) is 0 Å². The van der Waals surface area contributed by atoms with Crippen LogP contribution in [0.15, 0.2) is 73.1 Å². The molecule has 0 aliphatic heterocycles. The van der Waals surface area contributed by atoms with Crippen LogP contribution in [0, 0.1) is 0 Å². The number of pyridine rings is 2. The number of fused-ring (bicyclic) bond motifs is 2. The summed E-state index contributed by atoms with van der Waals surface area (Å²) in [6.45, 7) is 0. The molecule has 0 saturated heterocycles. The zero-order valence-electron chi connectivity index (χ0n) is 14.8. The Morgan fingerprint density at radius 2 is 1.04 bits per heavy atom. The van der Waals surface area contributed by atoms with E-state index in [1.54, 1.807) is 36.7 Å². The maximum absolute atomic E-state index is 9.31. The van der Waals surface area contributed by atoms with E-state index in [1.807, 2.05) is 36.4 Å². The van der Waals surface area contributed by atoms with E-state index in [2.05, 4.69) is 9.97 Å². The molecule has 0 spiro atoms. The molecule has 10 heteroatoms. The van der Waals surface area contributed by atoms with Crippen LogP contribution in [0.25, 0.3) is 21.8 Å². The molecule has 0 saturated carbocycles. The SMILES string of the molecule is O=S(=O)([O-])O.Oc1cccc2cccnc12.Oc1cccc2cccnc12.[K+]. The van der Waals surface area contributed by atoms with Gasteiger partial charge in [0.25, 0.3) is 0 Å². The molecule has 8 nitrogen and oxygen atoms in total. The minimum atomic E-state index is -4.92. The van der Waals surface area contributed by atoms with Crippen LogP contribution in [0.3, 0.4) is 0 Å². The normalized spacial score (nSPS) is 10.1. The van der Waals surface area contributed by atoms with Gasteiger partial charge in [-0.1, -0.05) is 36.4 Å². The van der Waals surface area contributed by atoms with Gasteiger partial charge in [0, 0.05) is 23.2 Å². The van der Waals surface area contributed by atoms with Crippen molar-refractivity contribution >= 4 is 32.2 Å². The Hall–Kier alpha value is -1.63. The Morgan fingerprint density at radius 3 is 1.36 bits per heavy atom. The summed E-state index contributed by atoms with van der Waals surface area (Å²) in [6, 6.07) is 18.3. The second kappa shape index (κ2) is 11.4. The number of aromatic nitrogens is 2. The van der Waals surface area contributed by atoms with Gasteiger partial charge in [0.05, 0.1) is 0 Å². The van der Waals surface area contributed by atoms with E-state index in [0.29, 0.717) is 11.0 Å². The van der Waals surface area contributed by atoms with Gasteiger partial charge in [0.2, 0.25) is 10.4 Å². The standard InChI is InChI=1S/2C9H7NO.K.H2O4S/c2*11-8-5-1-3-7-4-2-6-10-9(7)8;;1-5(2,3)4/h2*1-6,11H;;(H2,1,2,3,4)/q;;+1;/p-1. The molecule has 140 valence electrons. The van der Waals surface area contributed by atoms with Crippen molar-refractivity contribution in [3.8, 4) is 11.5 Å². The zero-order valence-corrected chi connectivity index (χ0v) is 18.7. The number of nitrogens with zero attached hydrogens (tertiary/aromatic N) is 2. The fourth-order valence-corrected chi connectivity index (χ4v) is 2.18. The van der Waals surface area contributed by atoms with E-state index >= 15 is 0 Å². The minimum Gasteiger partial charge on any atom is -0.726 e. The van der Waals surface area contributed by atoms with Crippen LogP contribution in [0.5, 0.6) is 11.5 Å². The van der Waals surface area contributed by atoms with Crippen molar-refractivity contribution in [1.29, 1.82) is 0 Å². The fraction of sp³-hybridized carbons (Fsp3) is 0. The third-order valence-electron chi connectivity index (χ3n) is 3.22. The molecule has 0 radical (unpaired) electrons. The first-order chi connectivity index (χ1) is 12.8. The Kier molecular flexibility index (Phi) is 9.93.